The molecule has 2 heterocycles. The molecule has 7 heteroatoms. The number of aromatic nitrogens is 4. The van der Waals surface area contributed by atoms with E-state index in [-0.39, 0.29) is 10.8 Å². The lowest BCUT2D eigenvalue weighted by atomic mass is 10.5. The summed E-state index contributed by atoms with van der Waals surface area (Å²) in [7, 11) is 0. The van der Waals surface area contributed by atoms with Gasteiger partial charge in [-0.05, 0) is 33.8 Å². The standard InChI is InChI=1S/C7H4BrFN4S/c8-4-1-5(9)6(10-2-4)14-7-11-3-12-13-7/h1-3H,(H,11,12,13). The Kier molecular flexibility index (Phi) is 2.78. The molecule has 0 aliphatic carbocycles. The first-order valence-electron chi connectivity index (χ1n) is 3.60. The van der Waals surface area contributed by atoms with E-state index in [0.29, 0.717) is 9.63 Å². The summed E-state index contributed by atoms with van der Waals surface area (Å²) in [4.78, 5) is 7.76. The summed E-state index contributed by atoms with van der Waals surface area (Å²) in [5, 5.41) is 7.04. The van der Waals surface area contributed by atoms with Crippen LogP contribution in [0.15, 0.2) is 33.2 Å². The van der Waals surface area contributed by atoms with Crippen molar-refractivity contribution < 1.29 is 4.39 Å². The van der Waals surface area contributed by atoms with E-state index in [1.54, 1.807) is 0 Å². The second kappa shape index (κ2) is 4.05. The molecule has 4 nitrogen and oxygen atoms in total. The van der Waals surface area contributed by atoms with Gasteiger partial charge in [-0.15, -0.1) is 0 Å². The van der Waals surface area contributed by atoms with Crippen molar-refractivity contribution in [2.75, 3.05) is 0 Å². The van der Waals surface area contributed by atoms with E-state index in [0.717, 1.165) is 11.8 Å². The lowest BCUT2D eigenvalue weighted by Gasteiger charge is -1.98. The molecule has 1 N–H and O–H groups in total. The van der Waals surface area contributed by atoms with Crippen LogP contribution in [0, 0.1) is 5.82 Å². The lowest BCUT2D eigenvalue weighted by Crippen LogP contribution is -1.87. The van der Waals surface area contributed by atoms with Gasteiger partial charge < -0.3 is 0 Å². The number of aromatic amines is 1. The molecule has 2 aromatic heterocycles. The van der Waals surface area contributed by atoms with Crippen molar-refractivity contribution in [3.05, 3.63) is 28.9 Å². The maximum Gasteiger partial charge on any atom is 0.189 e. The molecule has 0 fully saturated rings. The Hall–Kier alpha value is -0.950. The van der Waals surface area contributed by atoms with Crippen LogP contribution in [0.25, 0.3) is 0 Å². The van der Waals surface area contributed by atoms with Gasteiger partial charge in [-0.1, -0.05) is 0 Å². The lowest BCUT2D eigenvalue weighted by molar-refractivity contribution is 0.586. The minimum atomic E-state index is -0.388. The Morgan fingerprint density at radius 3 is 2.93 bits per heavy atom. The van der Waals surface area contributed by atoms with Gasteiger partial charge >= 0.3 is 0 Å². The molecule has 0 aliphatic heterocycles. The molecule has 0 saturated heterocycles. The first-order chi connectivity index (χ1) is 6.75. The Bertz CT molecular complexity index is 433. The highest BCUT2D eigenvalue weighted by atomic mass is 79.9. The van der Waals surface area contributed by atoms with Crippen molar-refractivity contribution in [2.24, 2.45) is 0 Å². The van der Waals surface area contributed by atoms with Crippen LogP contribution in [-0.2, 0) is 0 Å². The topological polar surface area (TPSA) is 54.5 Å². The Morgan fingerprint density at radius 1 is 1.43 bits per heavy atom. The van der Waals surface area contributed by atoms with Crippen LogP contribution in [0.4, 0.5) is 4.39 Å². The number of hydrogen-bond donors (Lipinski definition) is 1. The highest BCUT2D eigenvalue weighted by Gasteiger charge is 2.07. The molecule has 0 amide bonds. The smallest absolute Gasteiger partial charge is 0.189 e. The van der Waals surface area contributed by atoms with Crippen molar-refractivity contribution in [1.82, 2.24) is 20.2 Å². The monoisotopic (exact) mass is 274 g/mol. The summed E-state index contributed by atoms with van der Waals surface area (Å²) in [6.45, 7) is 0. The molecular formula is C7H4BrFN4S. The predicted octanol–water partition coefficient (Wildman–Crippen LogP) is 2.25. The van der Waals surface area contributed by atoms with Crippen molar-refractivity contribution in [3.8, 4) is 0 Å². The zero-order chi connectivity index (χ0) is 9.97. The van der Waals surface area contributed by atoms with E-state index in [2.05, 4.69) is 36.1 Å². The largest absolute Gasteiger partial charge is 0.254 e. The second-order valence-electron chi connectivity index (χ2n) is 2.33. The summed E-state index contributed by atoms with van der Waals surface area (Å²) < 4.78 is 13.9. The van der Waals surface area contributed by atoms with Crippen molar-refractivity contribution in [3.63, 3.8) is 0 Å². The van der Waals surface area contributed by atoms with E-state index in [9.17, 15) is 4.39 Å². The summed E-state index contributed by atoms with van der Waals surface area (Å²) >= 11 is 4.22. The summed E-state index contributed by atoms with van der Waals surface area (Å²) in [6.07, 6.45) is 2.89. The number of halogens is 2. The molecule has 0 aliphatic rings. The maximum atomic E-state index is 13.3. The maximum absolute atomic E-state index is 13.3. The van der Waals surface area contributed by atoms with Crippen LogP contribution in [-0.4, -0.2) is 20.2 Å². The number of rotatable bonds is 2. The minimum absolute atomic E-state index is 0.268. The van der Waals surface area contributed by atoms with Gasteiger partial charge in [-0.25, -0.2) is 14.4 Å². The van der Waals surface area contributed by atoms with E-state index in [1.807, 2.05) is 0 Å². The molecule has 0 atom stereocenters. The van der Waals surface area contributed by atoms with Crippen LogP contribution >= 0.6 is 27.7 Å². The van der Waals surface area contributed by atoms with Crippen LogP contribution in [0.5, 0.6) is 0 Å². The highest BCUT2D eigenvalue weighted by molar-refractivity contribution is 9.10. The average Bonchev–Trinajstić information content (AvgIpc) is 2.62. The fourth-order valence-electron chi connectivity index (χ4n) is 0.812. The molecule has 0 bridgehead atoms. The number of pyridine rings is 1. The van der Waals surface area contributed by atoms with E-state index in [4.69, 9.17) is 0 Å². The van der Waals surface area contributed by atoms with Gasteiger partial charge in [-0.2, -0.15) is 5.10 Å². The third kappa shape index (κ3) is 2.10. The van der Waals surface area contributed by atoms with Crippen molar-refractivity contribution in [1.29, 1.82) is 0 Å². The first-order valence-corrected chi connectivity index (χ1v) is 5.21. The Morgan fingerprint density at radius 2 is 2.29 bits per heavy atom. The molecular weight excluding hydrogens is 271 g/mol. The van der Waals surface area contributed by atoms with Gasteiger partial charge in [0.2, 0.25) is 0 Å². The van der Waals surface area contributed by atoms with Crippen molar-refractivity contribution in [2.45, 2.75) is 10.2 Å². The first kappa shape index (κ1) is 9.60. The SMILES string of the molecule is Fc1cc(Br)cnc1Sc1ncn[nH]1. The van der Waals surface area contributed by atoms with Crippen LogP contribution in [0.1, 0.15) is 0 Å². The van der Waals surface area contributed by atoms with E-state index < -0.39 is 0 Å². The van der Waals surface area contributed by atoms with Crippen LogP contribution in [0.2, 0.25) is 0 Å². The zero-order valence-corrected chi connectivity index (χ0v) is 9.14. The molecule has 0 saturated carbocycles. The minimum Gasteiger partial charge on any atom is -0.254 e. The fraction of sp³-hybridized carbons (Fsp3) is 0. The molecule has 2 rings (SSSR count). The van der Waals surface area contributed by atoms with Crippen LogP contribution < -0.4 is 0 Å². The Labute approximate surface area is 91.5 Å². The fourth-order valence-corrected chi connectivity index (χ4v) is 1.76. The molecule has 0 aromatic carbocycles. The highest BCUT2D eigenvalue weighted by Crippen LogP contribution is 2.25. The Balaban J connectivity index is 2.25. The quantitative estimate of drug-likeness (QED) is 0.913. The van der Waals surface area contributed by atoms with Gasteiger partial charge in [0.15, 0.2) is 11.0 Å². The third-order valence-electron chi connectivity index (χ3n) is 1.36. The normalized spacial score (nSPS) is 10.4. The van der Waals surface area contributed by atoms with Gasteiger partial charge in [-0.3, -0.25) is 5.10 Å². The summed E-state index contributed by atoms with van der Waals surface area (Å²) in [5.41, 5.74) is 0. The number of hydrogen-bond acceptors (Lipinski definition) is 4. The third-order valence-corrected chi connectivity index (χ3v) is 2.68. The average molecular weight is 275 g/mol. The molecule has 0 unspecified atom stereocenters. The van der Waals surface area contributed by atoms with E-state index in [1.165, 1.54) is 18.6 Å². The molecule has 0 spiro atoms. The van der Waals surface area contributed by atoms with Crippen LogP contribution in [0.3, 0.4) is 0 Å². The van der Waals surface area contributed by atoms with Gasteiger partial charge in [0.25, 0.3) is 0 Å². The number of nitrogens with one attached hydrogen (secondary N) is 1. The zero-order valence-electron chi connectivity index (χ0n) is 6.74. The molecule has 14 heavy (non-hydrogen) atoms. The number of nitrogens with zero attached hydrogens (tertiary/aromatic N) is 3. The molecule has 72 valence electrons. The van der Waals surface area contributed by atoms with Gasteiger partial charge in [0.1, 0.15) is 11.4 Å². The van der Waals surface area contributed by atoms with E-state index >= 15 is 0 Å². The predicted molar refractivity (Wildman–Crippen MR) is 52.4 cm³/mol. The summed E-state index contributed by atoms with van der Waals surface area (Å²) in [6, 6.07) is 1.35. The van der Waals surface area contributed by atoms with Crippen molar-refractivity contribution >= 4 is 27.7 Å². The molecule has 2 aromatic rings. The van der Waals surface area contributed by atoms with Gasteiger partial charge in [0.05, 0.1) is 0 Å². The van der Waals surface area contributed by atoms with Gasteiger partial charge in [0, 0.05) is 10.7 Å². The molecule has 0 radical (unpaired) electrons. The number of H-pyrrole nitrogens is 1. The summed E-state index contributed by atoms with van der Waals surface area (Å²) in [5.74, 6) is -0.388. The second-order valence-corrected chi connectivity index (χ2v) is 4.23.